The van der Waals surface area contributed by atoms with Gasteiger partial charge in [-0.3, -0.25) is 14.2 Å². The molecule has 0 atom stereocenters. The quantitative estimate of drug-likeness (QED) is 0.313. The number of benzene rings is 1. The average Bonchev–Trinajstić information content (AvgIpc) is 3.13. The molecular weight excluding hydrogens is 414 g/mol. The van der Waals surface area contributed by atoms with Gasteiger partial charge in [0, 0.05) is 25.0 Å². The number of aryl methyl sites for hydroxylation is 2. The van der Waals surface area contributed by atoms with Crippen LogP contribution < -0.4 is 5.56 Å². The Kier molecular flexibility index (Phi) is 6.39. The Balaban J connectivity index is 1.57. The van der Waals surface area contributed by atoms with Crippen molar-refractivity contribution in [1.29, 1.82) is 0 Å². The largest absolute Gasteiger partial charge is 0.341 e. The number of thioether (sulfide) groups is 1. The zero-order valence-electron chi connectivity index (χ0n) is 17.1. The third kappa shape index (κ3) is 4.23. The molecular formula is C23H25N3O2S2. The molecule has 30 heavy (non-hydrogen) atoms. The number of fused-ring (bicyclic) bond motifs is 3. The van der Waals surface area contributed by atoms with E-state index in [0.29, 0.717) is 18.2 Å². The number of thiophene rings is 1. The number of hydrogen-bond acceptors (Lipinski definition) is 5. The van der Waals surface area contributed by atoms with E-state index in [-0.39, 0.29) is 17.2 Å². The molecule has 0 radical (unpaired) electrons. The second-order valence-corrected chi connectivity index (χ2v) is 9.54. The number of nitrogens with zero attached hydrogens (tertiary/aromatic N) is 3. The van der Waals surface area contributed by atoms with Gasteiger partial charge < -0.3 is 4.90 Å². The molecule has 0 saturated carbocycles. The maximum Gasteiger partial charge on any atom is 0.263 e. The highest BCUT2D eigenvalue weighted by molar-refractivity contribution is 7.99. The lowest BCUT2D eigenvalue weighted by Gasteiger charge is -2.17. The second-order valence-electron chi connectivity index (χ2n) is 7.51. The van der Waals surface area contributed by atoms with E-state index in [0.717, 1.165) is 35.0 Å². The first-order chi connectivity index (χ1) is 14.6. The van der Waals surface area contributed by atoms with E-state index in [1.807, 2.05) is 30.3 Å². The van der Waals surface area contributed by atoms with Gasteiger partial charge >= 0.3 is 0 Å². The van der Waals surface area contributed by atoms with E-state index in [2.05, 4.69) is 6.58 Å². The predicted octanol–water partition coefficient (Wildman–Crippen LogP) is 4.27. The van der Waals surface area contributed by atoms with Crippen molar-refractivity contribution in [2.75, 3.05) is 12.8 Å². The zero-order chi connectivity index (χ0) is 21.1. The highest BCUT2D eigenvalue weighted by atomic mass is 32.2. The average molecular weight is 440 g/mol. The fourth-order valence-corrected chi connectivity index (χ4v) is 6.05. The van der Waals surface area contributed by atoms with E-state index < -0.39 is 0 Å². The van der Waals surface area contributed by atoms with Crippen LogP contribution in [0.3, 0.4) is 0 Å². The van der Waals surface area contributed by atoms with Gasteiger partial charge in [0.05, 0.1) is 11.1 Å². The number of hydrogen-bond donors (Lipinski definition) is 0. The van der Waals surface area contributed by atoms with Gasteiger partial charge in [-0.2, -0.15) is 0 Å². The van der Waals surface area contributed by atoms with Crippen LogP contribution in [0.4, 0.5) is 0 Å². The van der Waals surface area contributed by atoms with Crippen molar-refractivity contribution in [2.45, 2.75) is 43.9 Å². The molecule has 1 amide bonds. The first-order valence-corrected chi connectivity index (χ1v) is 12.0. The highest BCUT2D eigenvalue weighted by Gasteiger charge is 2.22. The summed E-state index contributed by atoms with van der Waals surface area (Å²) in [6, 6.07) is 9.91. The van der Waals surface area contributed by atoms with Crippen molar-refractivity contribution in [3.8, 4) is 0 Å². The van der Waals surface area contributed by atoms with Crippen LogP contribution in [0.25, 0.3) is 10.2 Å². The molecule has 0 fully saturated rings. The van der Waals surface area contributed by atoms with Crippen molar-refractivity contribution in [3.63, 3.8) is 0 Å². The number of amides is 1. The molecule has 3 aromatic rings. The van der Waals surface area contributed by atoms with Crippen molar-refractivity contribution >= 4 is 39.2 Å². The van der Waals surface area contributed by atoms with Crippen LogP contribution >= 0.6 is 23.1 Å². The standard InChI is InChI=1S/C23H25N3O2S2/c1-3-13-26-22(28)20-17-11-7-8-12-18(17)30-21(20)24-23(26)29-15-19(27)25(2)14-16-9-5-4-6-10-16/h3-6,9-10H,1,7-8,11-15H2,2H3. The molecule has 156 valence electrons. The van der Waals surface area contributed by atoms with Crippen molar-refractivity contribution < 1.29 is 4.79 Å². The van der Waals surface area contributed by atoms with E-state index in [9.17, 15) is 9.59 Å². The topological polar surface area (TPSA) is 55.2 Å². The summed E-state index contributed by atoms with van der Waals surface area (Å²) in [5.74, 6) is 0.248. The molecule has 5 nitrogen and oxygen atoms in total. The third-order valence-electron chi connectivity index (χ3n) is 5.36. The fraction of sp³-hybridized carbons (Fsp3) is 0.348. The van der Waals surface area contributed by atoms with Gasteiger partial charge in [-0.15, -0.1) is 17.9 Å². The van der Waals surface area contributed by atoms with Gasteiger partial charge in [0.1, 0.15) is 4.83 Å². The van der Waals surface area contributed by atoms with Gasteiger partial charge in [-0.05, 0) is 36.8 Å². The number of aromatic nitrogens is 2. The molecule has 0 spiro atoms. The summed E-state index contributed by atoms with van der Waals surface area (Å²) >= 11 is 2.97. The van der Waals surface area contributed by atoms with Crippen LogP contribution in [-0.4, -0.2) is 33.2 Å². The van der Waals surface area contributed by atoms with Crippen molar-refractivity contribution in [1.82, 2.24) is 14.5 Å². The van der Waals surface area contributed by atoms with Crippen LogP contribution in [0.15, 0.2) is 52.9 Å². The van der Waals surface area contributed by atoms with E-state index in [4.69, 9.17) is 4.98 Å². The summed E-state index contributed by atoms with van der Waals surface area (Å²) in [6.45, 7) is 4.75. The van der Waals surface area contributed by atoms with E-state index >= 15 is 0 Å². The zero-order valence-corrected chi connectivity index (χ0v) is 18.7. The van der Waals surface area contributed by atoms with Crippen LogP contribution in [0.2, 0.25) is 0 Å². The second kappa shape index (κ2) is 9.18. The highest BCUT2D eigenvalue weighted by Crippen LogP contribution is 2.34. The first-order valence-electron chi connectivity index (χ1n) is 10.1. The third-order valence-corrected chi connectivity index (χ3v) is 7.51. The Hall–Kier alpha value is -2.38. The Morgan fingerprint density at radius 2 is 2.07 bits per heavy atom. The van der Waals surface area contributed by atoms with Crippen molar-refractivity contribution in [3.05, 3.63) is 69.3 Å². The number of carbonyl (C=O) groups excluding carboxylic acids is 1. The summed E-state index contributed by atoms with van der Waals surface area (Å²) in [6.07, 6.45) is 5.99. The lowest BCUT2D eigenvalue weighted by Crippen LogP contribution is -2.28. The first kappa shape index (κ1) is 20.9. The molecule has 2 heterocycles. The van der Waals surface area contributed by atoms with Crippen LogP contribution in [0, 0.1) is 0 Å². The fourth-order valence-electron chi connectivity index (χ4n) is 3.80. The smallest absolute Gasteiger partial charge is 0.263 e. The summed E-state index contributed by atoms with van der Waals surface area (Å²) in [5.41, 5.74) is 2.27. The van der Waals surface area contributed by atoms with Gasteiger partial charge in [0.25, 0.3) is 5.56 Å². The maximum absolute atomic E-state index is 13.3. The number of carbonyl (C=O) groups is 1. The van der Waals surface area contributed by atoms with Crippen LogP contribution in [-0.2, 0) is 30.7 Å². The van der Waals surface area contributed by atoms with E-state index in [1.54, 1.807) is 33.9 Å². The molecule has 0 unspecified atom stereocenters. The summed E-state index contributed by atoms with van der Waals surface area (Å²) < 4.78 is 1.66. The predicted molar refractivity (Wildman–Crippen MR) is 124 cm³/mol. The molecule has 4 rings (SSSR count). The van der Waals surface area contributed by atoms with Gasteiger partial charge in [0.2, 0.25) is 5.91 Å². The van der Waals surface area contributed by atoms with Crippen LogP contribution in [0.5, 0.6) is 0 Å². The SMILES string of the molecule is C=CCn1c(SCC(=O)N(C)Cc2ccccc2)nc2sc3c(c2c1=O)CCCC3. The molecule has 2 aromatic heterocycles. The lowest BCUT2D eigenvalue weighted by atomic mass is 9.97. The van der Waals surface area contributed by atoms with Crippen LogP contribution in [0.1, 0.15) is 28.8 Å². The Labute approximate surface area is 184 Å². The maximum atomic E-state index is 13.3. The molecule has 1 aliphatic rings. The minimum atomic E-state index is -0.00751. The monoisotopic (exact) mass is 439 g/mol. The Morgan fingerprint density at radius 3 is 2.83 bits per heavy atom. The van der Waals surface area contributed by atoms with Crippen molar-refractivity contribution in [2.24, 2.45) is 0 Å². The minimum Gasteiger partial charge on any atom is -0.341 e. The lowest BCUT2D eigenvalue weighted by molar-refractivity contribution is -0.127. The number of allylic oxidation sites excluding steroid dienone is 1. The number of rotatable bonds is 7. The summed E-state index contributed by atoms with van der Waals surface area (Å²) in [7, 11) is 1.80. The molecule has 0 saturated heterocycles. The molecule has 7 heteroatoms. The summed E-state index contributed by atoms with van der Waals surface area (Å²) in [5, 5.41) is 1.36. The molecule has 1 aromatic carbocycles. The van der Waals surface area contributed by atoms with E-state index in [1.165, 1.54) is 28.6 Å². The Bertz CT molecular complexity index is 1130. The molecule has 1 aliphatic carbocycles. The normalized spacial score (nSPS) is 13.2. The van der Waals surface area contributed by atoms with Gasteiger partial charge in [-0.25, -0.2) is 4.98 Å². The minimum absolute atomic E-state index is 0.00751. The summed E-state index contributed by atoms with van der Waals surface area (Å²) in [4.78, 5) is 34.5. The van der Waals surface area contributed by atoms with Gasteiger partial charge in [0.15, 0.2) is 5.16 Å². The molecule has 0 aliphatic heterocycles. The molecule has 0 N–H and O–H groups in total. The van der Waals surface area contributed by atoms with Gasteiger partial charge in [-0.1, -0.05) is 48.2 Å². The Morgan fingerprint density at radius 1 is 1.30 bits per heavy atom. The molecule has 0 bridgehead atoms.